The van der Waals surface area contributed by atoms with Crippen molar-refractivity contribution in [2.24, 2.45) is 5.92 Å². The number of hydrogen-bond acceptors (Lipinski definition) is 6. The molecule has 0 bridgehead atoms. The van der Waals surface area contributed by atoms with Crippen molar-refractivity contribution in [2.75, 3.05) is 79.8 Å². The first kappa shape index (κ1) is 27.6. The number of likely N-dealkylation sites (N-methyl/N-ethyl adjacent to an activating group) is 1. The molecule has 7 nitrogen and oxygen atoms in total. The second kappa shape index (κ2) is 12.9. The summed E-state index contributed by atoms with van der Waals surface area (Å²) < 4.78 is 18.0. The first-order valence-corrected chi connectivity index (χ1v) is 15.3. The highest BCUT2D eigenvalue weighted by atomic mass is 16.5. The zero-order valence-electron chi connectivity index (χ0n) is 24.4. The number of nitrogens with one attached hydrogen (secondary N) is 1. The Morgan fingerprint density at radius 2 is 1.82 bits per heavy atom. The normalized spacial score (nSPS) is 21.5. The van der Waals surface area contributed by atoms with Gasteiger partial charge in [-0.1, -0.05) is 18.2 Å². The van der Waals surface area contributed by atoms with E-state index in [0.717, 1.165) is 89.8 Å². The molecule has 3 aliphatic rings. The second-order valence-corrected chi connectivity index (χ2v) is 11.9. The van der Waals surface area contributed by atoms with Crippen LogP contribution in [-0.2, 0) is 17.6 Å². The molecule has 2 aromatic carbocycles. The third-order valence-electron chi connectivity index (χ3n) is 9.35. The molecule has 4 heterocycles. The number of H-pyrrole nitrogens is 1. The minimum atomic E-state index is 0.369. The molecule has 0 spiro atoms. The minimum absolute atomic E-state index is 0.369. The number of fused-ring (bicyclic) bond motifs is 2. The molecule has 3 aromatic rings. The van der Waals surface area contributed by atoms with E-state index >= 15 is 0 Å². The van der Waals surface area contributed by atoms with Crippen LogP contribution in [0.15, 0.2) is 42.6 Å². The summed E-state index contributed by atoms with van der Waals surface area (Å²) in [4.78, 5) is 11.1. The van der Waals surface area contributed by atoms with Gasteiger partial charge in [0.2, 0.25) is 0 Å². The molecule has 0 aliphatic carbocycles. The highest BCUT2D eigenvalue weighted by Gasteiger charge is 2.31. The number of nitrogens with zero attached hydrogens (tertiary/aromatic N) is 3. The van der Waals surface area contributed by atoms with Gasteiger partial charge >= 0.3 is 0 Å². The predicted octanol–water partition coefficient (Wildman–Crippen LogP) is 4.76. The maximum Gasteiger partial charge on any atom is 0.161 e. The number of ether oxygens (including phenoxy) is 3. The minimum Gasteiger partial charge on any atom is -0.493 e. The summed E-state index contributed by atoms with van der Waals surface area (Å²) in [5.74, 6) is 2.47. The van der Waals surface area contributed by atoms with Gasteiger partial charge in [-0.15, -0.1) is 0 Å². The topological polar surface area (TPSA) is 53.2 Å². The molecule has 7 heteroatoms. The summed E-state index contributed by atoms with van der Waals surface area (Å²) in [6, 6.07) is 13.6. The quantitative estimate of drug-likeness (QED) is 0.396. The molecule has 2 fully saturated rings. The number of hydrogen-bond donors (Lipinski definition) is 1. The van der Waals surface area contributed by atoms with Crippen LogP contribution in [0.2, 0.25) is 0 Å². The van der Waals surface area contributed by atoms with Gasteiger partial charge in [0.1, 0.15) is 6.61 Å². The summed E-state index contributed by atoms with van der Waals surface area (Å²) in [5.41, 5.74) is 5.47. The van der Waals surface area contributed by atoms with E-state index in [4.69, 9.17) is 14.2 Å². The lowest BCUT2D eigenvalue weighted by Gasteiger charge is -2.40. The first-order valence-electron chi connectivity index (χ1n) is 15.3. The fourth-order valence-electron chi connectivity index (χ4n) is 6.84. The summed E-state index contributed by atoms with van der Waals surface area (Å²) in [6.07, 6.45) is 7.73. The third kappa shape index (κ3) is 6.33. The van der Waals surface area contributed by atoms with E-state index in [2.05, 4.69) is 69.3 Å². The first-order chi connectivity index (χ1) is 19.7. The van der Waals surface area contributed by atoms with Crippen molar-refractivity contribution in [3.8, 4) is 11.5 Å². The van der Waals surface area contributed by atoms with E-state index in [1.807, 2.05) is 0 Å². The molecule has 0 amide bonds. The van der Waals surface area contributed by atoms with Crippen molar-refractivity contribution < 1.29 is 14.2 Å². The van der Waals surface area contributed by atoms with Crippen LogP contribution in [0.1, 0.15) is 42.0 Å². The fraction of sp³-hybridized carbons (Fsp3) is 0.576. The van der Waals surface area contributed by atoms with Crippen LogP contribution in [0.5, 0.6) is 11.5 Å². The Bertz CT molecular complexity index is 1250. The number of benzene rings is 2. The SMILES string of the molecule is COc1cc2c(cc1OCCN1CCN(C)CC1)CCN(CC1CCOCC1)C2CCc1c[nH]c2ccccc12. The molecule has 1 unspecified atom stereocenters. The van der Waals surface area contributed by atoms with Gasteiger partial charge in [-0.05, 0) is 80.0 Å². The lowest BCUT2D eigenvalue weighted by Crippen LogP contribution is -2.45. The zero-order valence-corrected chi connectivity index (χ0v) is 24.4. The van der Waals surface area contributed by atoms with E-state index < -0.39 is 0 Å². The molecule has 3 aliphatic heterocycles. The second-order valence-electron chi connectivity index (χ2n) is 11.9. The van der Waals surface area contributed by atoms with Crippen molar-refractivity contribution >= 4 is 10.9 Å². The molecule has 1 atom stereocenters. The van der Waals surface area contributed by atoms with Gasteiger partial charge < -0.3 is 24.1 Å². The van der Waals surface area contributed by atoms with Gasteiger partial charge in [0.05, 0.1) is 7.11 Å². The summed E-state index contributed by atoms with van der Waals surface area (Å²) in [5, 5.41) is 1.34. The number of piperazine rings is 1. The van der Waals surface area contributed by atoms with E-state index in [9.17, 15) is 0 Å². The molecular formula is C33H46N4O3. The summed E-state index contributed by atoms with van der Waals surface area (Å²) in [6.45, 7) is 10.2. The predicted molar refractivity (Wildman–Crippen MR) is 161 cm³/mol. The van der Waals surface area contributed by atoms with Crippen LogP contribution in [0.25, 0.3) is 10.9 Å². The number of aromatic amines is 1. The Morgan fingerprint density at radius 1 is 1.00 bits per heavy atom. The Hall–Kier alpha value is -2.58. The molecule has 0 saturated carbocycles. The van der Waals surface area contributed by atoms with Crippen LogP contribution in [0, 0.1) is 5.92 Å². The molecule has 1 aromatic heterocycles. The number of aromatic nitrogens is 1. The van der Waals surface area contributed by atoms with Gasteiger partial charge in [0.25, 0.3) is 0 Å². The maximum absolute atomic E-state index is 6.36. The van der Waals surface area contributed by atoms with Crippen molar-refractivity contribution in [3.05, 3.63) is 59.3 Å². The maximum atomic E-state index is 6.36. The number of aryl methyl sites for hydroxylation is 1. The molecule has 40 heavy (non-hydrogen) atoms. The van der Waals surface area contributed by atoms with E-state index in [1.165, 1.54) is 40.4 Å². The molecule has 2 saturated heterocycles. The Labute approximate surface area is 239 Å². The van der Waals surface area contributed by atoms with Gasteiger partial charge in [-0.25, -0.2) is 0 Å². The summed E-state index contributed by atoms with van der Waals surface area (Å²) in [7, 11) is 3.98. The number of rotatable bonds is 10. The highest BCUT2D eigenvalue weighted by Crippen LogP contribution is 2.41. The van der Waals surface area contributed by atoms with Gasteiger partial charge in [0, 0.05) is 82.2 Å². The monoisotopic (exact) mass is 546 g/mol. The average Bonchev–Trinajstić information content (AvgIpc) is 3.41. The molecular weight excluding hydrogens is 500 g/mol. The summed E-state index contributed by atoms with van der Waals surface area (Å²) >= 11 is 0. The Balaban J connectivity index is 1.20. The molecule has 0 radical (unpaired) electrons. The average molecular weight is 547 g/mol. The van der Waals surface area contributed by atoms with Crippen LogP contribution in [0.3, 0.4) is 0 Å². The van der Waals surface area contributed by atoms with E-state index in [1.54, 1.807) is 7.11 Å². The molecule has 216 valence electrons. The largest absolute Gasteiger partial charge is 0.493 e. The Morgan fingerprint density at radius 3 is 2.65 bits per heavy atom. The van der Waals surface area contributed by atoms with Crippen molar-refractivity contribution in [1.82, 2.24) is 19.7 Å². The fourth-order valence-corrected chi connectivity index (χ4v) is 6.84. The standard InChI is InChI=1S/C33H46N4O3/c1-35-13-15-36(16-14-35)17-20-40-33-21-26-9-12-37(24-25-10-18-39-19-11-25)31(29(26)22-32(33)38-2)8-7-27-23-34-30-6-4-3-5-28(27)30/h3-6,21-23,25,31,34H,7-20,24H2,1-2H3. The third-order valence-corrected chi connectivity index (χ3v) is 9.35. The van der Waals surface area contributed by atoms with Gasteiger partial charge in [-0.2, -0.15) is 0 Å². The van der Waals surface area contributed by atoms with Crippen LogP contribution >= 0.6 is 0 Å². The van der Waals surface area contributed by atoms with Crippen molar-refractivity contribution in [1.29, 1.82) is 0 Å². The lowest BCUT2D eigenvalue weighted by atomic mass is 9.87. The van der Waals surface area contributed by atoms with Crippen molar-refractivity contribution in [2.45, 2.75) is 38.1 Å². The number of methoxy groups -OCH3 is 1. The highest BCUT2D eigenvalue weighted by molar-refractivity contribution is 5.83. The van der Waals surface area contributed by atoms with Crippen LogP contribution < -0.4 is 9.47 Å². The Kier molecular flexibility index (Phi) is 8.92. The molecule has 1 N–H and O–H groups in total. The van der Waals surface area contributed by atoms with Crippen LogP contribution in [0.4, 0.5) is 0 Å². The van der Waals surface area contributed by atoms with Crippen LogP contribution in [-0.4, -0.2) is 99.5 Å². The van der Waals surface area contributed by atoms with Gasteiger partial charge in [0.15, 0.2) is 11.5 Å². The van der Waals surface area contributed by atoms with E-state index in [-0.39, 0.29) is 0 Å². The van der Waals surface area contributed by atoms with Crippen molar-refractivity contribution in [3.63, 3.8) is 0 Å². The number of para-hydroxylation sites is 1. The lowest BCUT2D eigenvalue weighted by molar-refractivity contribution is 0.0423. The van der Waals surface area contributed by atoms with Gasteiger partial charge in [-0.3, -0.25) is 9.80 Å². The smallest absolute Gasteiger partial charge is 0.161 e. The molecule has 6 rings (SSSR count). The zero-order chi connectivity index (χ0) is 27.3. The van der Waals surface area contributed by atoms with E-state index in [0.29, 0.717) is 18.6 Å².